The molecule has 1 N–H and O–H groups in total. The number of halogens is 3. The number of piperazine rings is 1. The topological polar surface area (TPSA) is 68.6 Å². The van der Waals surface area contributed by atoms with E-state index in [2.05, 4.69) is 27.1 Å². The summed E-state index contributed by atoms with van der Waals surface area (Å²) in [6, 6.07) is 24.3. The van der Waals surface area contributed by atoms with Crippen molar-refractivity contribution in [2.45, 2.75) is 25.6 Å². The molecule has 3 aromatic carbocycles. The summed E-state index contributed by atoms with van der Waals surface area (Å²) in [7, 11) is 2.09. The number of aryl methyl sites for hydroxylation is 1. The van der Waals surface area contributed by atoms with Crippen LogP contribution in [0.15, 0.2) is 91.1 Å². The monoisotopic (exact) mass is 612 g/mol. The van der Waals surface area contributed by atoms with Crippen molar-refractivity contribution in [3.05, 3.63) is 125 Å². The van der Waals surface area contributed by atoms with Gasteiger partial charge in [-0.3, -0.25) is 9.78 Å². The zero-order chi connectivity index (χ0) is 31.7. The maximum atomic E-state index is 14.3. The Kier molecular flexibility index (Phi) is 8.24. The van der Waals surface area contributed by atoms with Crippen LogP contribution in [0.5, 0.6) is 0 Å². The van der Waals surface area contributed by atoms with Crippen LogP contribution >= 0.6 is 0 Å². The summed E-state index contributed by atoms with van der Waals surface area (Å²) >= 11 is 0. The van der Waals surface area contributed by atoms with Crippen LogP contribution in [0, 0.1) is 6.92 Å². The number of likely N-dealkylation sites (N-methyl/N-ethyl adjacent to an activating group) is 1. The van der Waals surface area contributed by atoms with Gasteiger partial charge in [-0.15, -0.1) is 0 Å². The molecular formula is C35H33F3N5O2+. The number of fused-ring (bicyclic) bond motifs is 1. The van der Waals surface area contributed by atoms with Gasteiger partial charge in [-0.2, -0.15) is 17.7 Å². The highest BCUT2D eigenvalue weighted by Gasteiger charge is 2.45. The van der Waals surface area contributed by atoms with Gasteiger partial charge in [-0.25, -0.2) is 4.79 Å². The van der Waals surface area contributed by atoms with Crippen LogP contribution in [0.25, 0.3) is 0 Å². The number of nitrogens with one attached hydrogen (secondary N) is 1. The van der Waals surface area contributed by atoms with Crippen molar-refractivity contribution in [3.63, 3.8) is 0 Å². The summed E-state index contributed by atoms with van der Waals surface area (Å²) in [5, 5.41) is 3.05. The van der Waals surface area contributed by atoms with E-state index in [0.29, 0.717) is 16.8 Å². The molecule has 0 saturated carbocycles. The lowest BCUT2D eigenvalue weighted by atomic mass is 9.83. The first kappa shape index (κ1) is 30.2. The highest BCUT2D eigenvalue weighted by Crippen LogP contribution is 2.34. The van der Waals surface area contributed by atoms with E-state index in [1.54, 1.807) is 30.3 Å². The average molecular weight is 613 g/mol. The van der Waals surface area contributed by atoms with Crippen LogP contribution in [-0.2, 0) is 17.5 Å². The number of hydrogen-bond donors (Lipinski definition) is 1. The summed E-state index contributed by atoms with van der Waals surface area (Å²) in [4.78, 5) is 36.6. The molecule has 10 heteroatoms. The molecule has 2 aliphatic rings. The second kappa shape index (κ2) is 12.3. The van der Waals surface area contributed by atoms with Crippen LogP contribution in [0.2, 0.25) is 0 Å². The van der Waals surface area contributed by atoms with Gasteiger partial charge in [0, 0.05) is 49.3 Å². The largest absolute Gasteiger partial charge is 0.433 e. The lowest BCUT2D eigenvalue weighted by Gasteiger charge is -2.34. The highest BCUT2D eigenvalue weighted by atomic mass is 19.4. The van der Waals surface area contributed by atoms with E-state index < -0.39 is 23.7 Å². The van der Waals surface area contributed by atoms with E-state index in [4.69, 9.17) is 0 Å². The Morgan fingerprint density at radius 3 is 2.38 bits per heavy atom. The first-order valence-corrected chi connectivity index (χ1v) is 14.8. The molecule has 1 saturated heterocycles. The summed E-state index contributed by atoms with van der Waals surface area (Å²) in [5.41, 5.74) is 3.73. The summed E-state index contributed by atoms with van der Waals surface area (Å²) in [6.07, 6.45) is -3.54. The van der Waals surface area contributed by atoms with E-state index >= 15 is 0 Å². The number of anilines is 2. The fourth-order valence-electron chi connectivity index (χ4n) is 5.89. The smallest absolute Gasteiger partial charge is 0.369 e. The number of benzene rings is 3. The van der Waals surface area contributed by atoms with Crippen molar-refractivity contribution >= 4 is 28.9 Å². The van der Waals surface area contributed by atoms with Gasteiger partial charge in [-0.05, 0) is 55.9 Å². The molecule has 1 atom stereocenters. The number of carbonyl (C=O) groups excluding carboxylic acids is 2. The zero-order valence-electron chi connectivity index (χ0n) is 25.0. The van der Waals surface area contributed by atoms with E-state index in [1.807, 2.05) is 49.4 Å². The molecule has 230 valence electrons. The van der Waals surface area contributed by atoms with Crippen LogP contribution in [0.4, 0.5) is 24.5 Å². The third kappa shape index (κ3) is 6.37. The fourth-order valence-corrected chi connectivity index (χ4v) is 5.89. The Hall–Kier alpha value is -4.83. The molecule has 3 heterocycles. The Labute approximate surface area is 259 Å². The molecule has 0 bridgehead atoms. The first-order chi connectivity index (χ1) is 21.6. The Bertz CT molecular complexity index is 1760. The Morgan fingerprint density at radius 1 is 0.956 bits per heavy atom. The standard InChI is InChI=1S/C35H32F3N5O2/c1-23-10-12-24(13-11-23)22-43-32(25-14-15-30(39-21-25)35(36,37)38)31(28-8-3-4-9-29(28)34(43)45)33(44)40-26-6-5-7-27(20-26)42-18-16-41(2)17-19-42/h3-15,20-21,31H,16-19,22H2,1-2H3/p+1/t31-/m1/s1. The first-order valence-electron chi connectivity index (χ1n) is 14.8. The van der Waals surface area contributed by atoms with Crippen LogP contribution < -0.4 is 10.2 Å². The summed E-state index contributed by atoms with van der Waals surface area (Å²) in [6.45, 7) is 5.65. The van der Waals surface area contributed by atoms with E-state index in [1.165, 1.54) is 10.6 Å². The van der Waals surface area contributed by atoms with Crippen molar-refractivity contribution in [2.75, 3.05) is 43.4 Å². The van der Waals surface area contributed by atoms with Gasteiger partial charge in [0.25, 0.3) is 0 Å². The molecule has 1 aromatic heterocycles. The number of alkyl halides is 3. The van der Waals surface area contributed by atoms with Crippen molar-refractivity contribution in [1.82, 2.24) is 9.88 Å². The second-order valence-corrected chi connectivity index (χ2v) is 11.5. The van der Waals surface area contributed by atoms with Crippen LogP contribution in [0.3, 0.4) is 0 Å². The number of hydrogen-bond acceptors (Lipinski definition) is 5. The molecule has 7 nitrogen and oxygen atoms in total. The van der Waals surface area contributed by atoms with Crippen LogP contribution in [-0.4, -0.2) is 65.2 Å². The molecule has 0 unspecified atom stereocenters. The highest BCUT2D eigenvalue weighted by molar-refractivity contribution is 6.22. The number of amides is 2. The summed E-state index contributed by atoms with van der Waals surface area (Å²) < 4.78 is 41.8. The normalized spacial score (nSPS) is 17.3. The Morgan fingerprint density at radius 2 is 1.69 bits per heavy atom. The van der Waals surface area contributed by atoms with Gasteiger partial charge < -0.3 is 15.1 Å². The minimum absolute atomic E-state index is 0.118. The maximum absolute atomic E-state index is 14.3. The van der Waals surface area contributed by atoms with Gasteiger partial charge in [0.05, 0.1) is 11.1 Å². The average Bonchev–Trinajstić information content (AvgIpc) is 3.03. The molecule has 6 rings (SSSR count). The molecule has 4 aromatic rings. The quantitative estimate of drug-likeness (QED) is 0.282. The lowest BCUT2D eigenvalue weighted by molar-refractivity contribution is -0.447. The van der Waals surface area contributed by atoms with Gasteiger partial charge in [0.1, 0.15) is 11.6 Å². The van der Waals surface area contributed by atoms with Gasteiger partial charge >= 0.3 is 12.1 Å². The third-order valence-electron chi connectivity index (χ3n) is 8.37. The fraction of sp³-hybridized carbons (Fsp3) is 0.257. The number of rotatable bonds is 6. The molecule has 0 spiro atoms. The predicted octanol–water partition coefficient (Wildman–Crippen LogP) is 5.74. The van der Waals surface area contributed by atoms with Gasteiger partial charge in [-0.1, -0.05) is 54.1 Å². The number of aromatic nitrogens is 1. The minimum Gasteiger partial charge on any atom is -0.369 e. The van der Waals surface area contributed by atoms with Crippen LogP contribution in [0.1, 0.15) is 44.2 Å². The molecule has 45 heavy (non-hydrogen) atoms. The maximum Gasteiger partial charge on any atom is 0.433 e. The second-order valence-electron chi connectivity index (χ2n) is 11.5. The zero-order valence-corrected chi connectivity index (χ0v) is 25.0. The number of nitrogens with zero attached hydrogens (tertiary/aromatic N) is 4. The third-order valence-corrected chi connectivity index (χ3v) is 8.37. The molecule has 2 aliphatic heterocycles. The van der Waals surface area contributed by atoms with E-state index in [0.717, 1.165) is 55.3 Å². The number of pyridine rings is 1. The number of carbonyl (C=O) groups is 2. The van der Waals surface area contributed by atoms with Gasteiger partial charge in [0.15, 0.2) is 6.54 Å². The lowest BCUT2D eigenvalue weighted by Crippen LogP contribution is -2.44. The predicted molar refractivity (Wildman–Crippen MR) is 167 cm³/mol. The van der Waals surface area contributed by atoms with Crippen molar-refractivity contribution in [3.8, 4) is 0 Å². The molecule has 1 fully saturated rings. The summed E-state index contributed by atoms with van der Waals surface area (Å²) in [5.74, 6) is -1.76. The van der Waals surface area contributed by atoms with E-state index in [-0.39, 0.29) is 23.7 Å². The Balaban J connectivity index is 1.44. The molecule has 0 radical (unpaired) electrons. The SMILES string of the molecule is Cc1ccc(C[N+]2=C(c3ccc(C(F)(F)F)nc3)[C@H](C(=O)Nc3cccc(N4CCN(C)CC4)c3)c3ccccc3C2=O)cc1. The van der Waals surface area contributed by atoms with E-state index in [9.17, 15) is 22.8 Å². The van der Waals surface area contributed by atoms with Gasteiger partial charge in [0.2, 0.25) is 11.6 Å². The molecular weight excluding hydrogens is 579 g/mol. The molecule has 0 aliphatic carbocycles. The van der Waals surface area contributed by atoms with Crippen molar-refractivity contribution < 1.29 is 27.3 Å². The molecule has 2 amide bonds. The minimum atomic E-state index is -4.63. The van der Waals surface area contributed by atoms with Crippen molar-refractivity contribution in [2.24, 2.45) is 0 Å². The van der Waals surface area contributed by atoms with Crippen molar-refractivity contribution in [1.29, 1.82) is 0 Å².